The third-order valence-electron chi connectivity index (χ3n) is 2.74. The maximum Gasteiger partial charge on any atom is 0.0728 e. The lowest BCUT2D eigenvalue weighted by atomic mass is 9.95. The Morgan fingerprint density at radius 2 is 2.00 bits per heavy atom. The van der Waals surface area contributed by atoms with E-state index in [9.17, 15) is 0 Å². The first-order chi connectivity index (χ1) is 8.55. The lowest BCUT2D eigenvalue weighted by Crippen LogP contribution is -2.33. The number of hydrogen-bond donors (Lipinski definition) is 1. The summed E-state index contributed by atoms with van der Waals surface area (Å²) in [6.45, 7) is 10.2. The minimum Gasteiger partial charge on any atom is -0.376 e. The average Bonchev–Trinajstić information content (AvgIpc) is 2.32. The molecule has 0 saturated heterocycles. The van der Waals surface area contributed by atoms with Crippen LogP contribution in [0.5, 0.6) is 0 Å². The molecule has 0 saturated carbocycles. The third-order valence-corrected chi connectivity index (χ3v) is 3.51. The maximum atomic E-state index is 5.83. The zero-order chi connectivity index (χ0) is 13.4. The van der Waals surface area contributed by atoms with E-state index in [-0.39, 0.29) is 5.41 Å². The highest BCUT2D eigenvalue weighted by Gasteiger charge is 2.17. The lowest BCUT2D eigenvalue weighted by Gasteiger charge is -2.25. The van der Waals surface area contributed by atoms with Crippen LogP contribution in [0, 0.1) is 5.41 Å². The van der Waals surface area contributed by atoms with Crippen LogP contribution in [-0.2, 0) is 11.3 Å². The molecule has 0 spiro atoms. The molecule has 0 aliphatic rings. The Bertz CT molecular complexity index is 352. The molecule has 3 heteroatoms. The van der Waals surface area contributed by atoms with Crippen LogP contribution in [0.1, 0.15) is 32.8 Å². The first-order valence-corrected chi connectivity index (χ1v) is 7.36. The van der Waals surface area contributed by atoms with Crippen LogP contribution in [0.25, 0.3) is 0 Å². The molecule has 1 aromatic rings. The number of halogens is 1. The minimum atomic E-state index is 0.177. The lowest BCUT2D eigenvalue weighted by molar-refractivity contribution is 0.0511. The molecule has 0 amide bonds. The quantitative estimate of drug-likeness (QED) is 0.733. The van der Waals surface area contributed by atoms with Gasteiger partial charge in [-0.1, -0.05) is 54.9 Å². The van der Waals surface area contributed by atoms with Crippen molar-refractivity contribution >= 4 is 15.9 Å². The van der Waals surface area contributed by atoms with E-state index < -0.39 is 0 Å². The number of ether oxygens (including phenoxy) is 1. The normalized spacial score (nSPS) is 11.8. The fourth-order valence-electron chi connectivity index (χ4n) is 1.71. The van der Waals surface area contributed by atoms with Crippen molar-refractivity contribution in [3.63, 3.8) is 0 Å². The fourth-order valence-corrected chi connectivity index (χ4v) is 2.11. The minimum absolute atomic E-state index is 0.177. The second-order valence-electron chi connectivity index (χ2n) is 5.43. The van der Waals surface area contributed by atoms with E-state index in [1.807, 2.05) is 18.2 Å². The van der Waals surface area contributed by atoms with Gasteiger partial charge in [-0.05, 0) is 24.6 Å². The molecule has 1 rings (SSSR count). The fraction of sp³-hybridized carbons (Fsp3) is 0.600. The van der Waals surface area contributed by atoms with E-state index in [4.69, 9.17) is 4.74 Å². The summed E-state index contributed by atoms with van der Waals surface area (Å²) in [6.07, 6.45) is 1.17. The second-order valence-corrected chi connectivity index (χ2v) is 6.28. The van der Waals surface area contributed by atoms with Crippen molar-refractivity contribution in [2.45, 2.75) is 33.8 Å². The molecule has 0 radical (unpaired) electrons. The summed E-state index contributed by atoms with van der Waals surface area (Å²) in [5.41, 5.74) is 1.38. The van der Waals surface area contributed by atoms with Crippen molar-refractivity contribution in [1.82, 2.24) is 5.32 Å². The summed E-state index contributed by atoms with van der Waals surface area (Å²) in [7, 11) is 0. The van der Waals surface area contributed by atoms with E-state index in [0.717, 1.165) is 24.2 Å². The molecule has 18 heavy (non-hydrogen) atoms. The molecule has 0 bridgehead atoms. The van der Waals surface area contributed by atoms with E-state index in [1.54, 1.807) is 0 Å². The largest absolute Gasteiger partial charge is 0.376 e. The molecule has 0 aliphatic heterocycles. The van der Waals surface area contributed by atoms with Gasteiger partial charge in [0.1, 0.15) is 0 Å². The summed E-state index contributed by atoms with van der Waals surface area (Å²) in [5, 5.41) is 3.45. The molecule has 0 atom stereocenters. The van der Waals surface area contributed by atoms with Crippen molar-refractivity contribution in [1.29, 1.82) is 0 Å². The predicted octanol–water partition coefficient (Wildman–Crippen LogP) is 3.99. The Balaban J connectivity index is 2.30. The number of benzene rings is 1. The van der Waals surface area contributed by atoms with Gasteiger partial charge in [-0.2, -0.15) is 0 Å². The molecule has 1 N–H and O–H groups in total. The van der Waals surface area contributed by atoms with Crippen LogP contribution >= 0.6 is 15.9 Å². The average molecular weight is 314 g/mol. The van der Waals surface area contributed by atoms with E-state index in [0.29, 0.717) is 6.61 Å². The van der Waals surface area contributed by atoms with Crippen LogP contribution in [-0.4, -0.2) is 19.7 Å². The van der Waals surface area contributed by atoms with Crippen molar-refractivity contribution in [2.24, 2.45) is 5.41 Å². The van der Waals surface area contributed by atoms with Crippen molar-refractivity contribution in [3.8, 4) is 0 Å². The maximum absolute atomic E-state index is 5.83. The van der Waals surface area contributed by atoms with Crippen molar-refractivity contribution < 1.29 is 4.74 Å². The highest BCUT2D eigenvalue weighted by Crippen LogP contribution is 2.19. The number of hydrogen-bond acceptors (Lipinski definition) is 2. The molecule has 0 unspecified atom stereocenters. The molecular weight excluding hydrogens is 290 g/mol. The monoisotopic (exact) mass is 313 g/mol. The SMILES string of the molecule is CCCNCC(C)(C)COCc1ccccc1Br. The van der Waals surface area contributed by atoms with E-state index >= 15 is 0 Å². The van der Waals surface area contributed by atoms with Gasteiger partial charge in [0.25, 0.3) is 0 Å². The number of rotatable bonds is 8. The first-order valence-electron chi connectivity index (χ1n) is 6.57. The number of nitrogens with one attached hydrogen (secondary N) is 1. The first kappa shape index (κ1) is 15.7. The van der Waals surface area contributed by atoms with Crippen LogP contribution < -0.4 is 5.32 Å². The van der Waals surface area contributed by atoms with Crippen LogP contribution in [0.3, 0.4) is 0 Å². The summed E-state index contributed by atoms with van der Waals surface area (Å²) in [6, 6.07) is 8.20. The van der Waals surface area contributed by atoms with Crippen LogP contribution in [0.2, 0.25) is 0 Å². The zero-order valence-corrected chi connectivity index (χ0v) is 13.2. The summed E-state index contributed by atoms with van der Waals surface area (Å²) >= 11 is 3.54. The molecule has 1 aromatic carbocycles. The topological polar surface area (TPSA) is 21.3 Å². The van der Waals surface area contributed by atoms with E-state index in [1.165, 1.54) is 12.0 Å². The second kappa shape index (κ2) is 7.93. The predicted molar refractivity (Wildman–Crippen MR) is 80.7 cm³/mol. The van der Waals surface area contributed by atoms with Gasteiger partial charge in [-0.3, -0.25) is 0 Å². The van der Waals surface area contributed by atoms with Gasteiger partial charge < -0.3 is 10.1 Å². The van der Waals surface area contributed by atoms with Crippen molar-refractivity contribution in [2.75, 3.05) is 19.7 Å². The zero-order valence-electron chi connectivity index (χ0n) is 11.6. The molecule has 0 heterocycles. The Morgan fingerprint density at radius 3 is 2.67 bits per heavy atom. The van der Waals surface area contributed by atoms with Gasteiger partial charge in [0.15, 0.2) is 0 Å². The van der Waals surface area contributed by atoms with Gasteiger partial charge in [-0.15, -0.1) is 0 Å². The summed E-state index contributed by atoms with van der Waals surface area (Å²) in [5.74, 6) is 0. The highest BCUT2D eigenvalue weighted by atomic mass is 79.9. The summed E-state index contributed by atoms with van der Waals surface area (Å²) < 4.78 is 6.94. The van der Waals surface area contributed by atoms with Gasteiger partial charge in [0.2, 0.25) is 0 Å². The van der Waals surface area contributed by atoms with Gasteiger partial charge in [0, 0.05) is 16.4 Å². The van der Waals surface area contributed by atoms with Crippen molar-refractivity contribution in [3.05, 3.63) is 34.3 Å². The molecular formula is C15H24BrNO. The Labute approximate surface area is 119 Å². The molecule has 0 fully saturated rings. The smallest absolute Gasteiger partial charge is 0.0728 e. The molecule has 2 nitrogen and oxygen atoms in total. The summed E-state index contributed by atoms with van der Waals surface area (Å²) in [4.78, 5) is 0. The van der Waals surface area contributed by atoms with Gasteiger partial charge in [0.05, 0.1) is 13.2 Å². The van der Waals surface area contributed by atoms with Gasteiger partial charge >= 0.3 is 0 Å². The molecule has 0 aliphatic carbocycles. The van der Waals surface area contributed by atoms with Crippen LogP contribution in [0.15, 0.2) is 28.7 Å². The molecule has 102 valence electrons. The van der Waals surface area contributed by atoms with Crippen LogP contribution in [0.4, 0.5) is 0 Å². The molecule has 0 aromatic heterocycles. The van der Waals surface area contributed by atoms with E-state index in [2.05, 4.69) is 48.1 Å². The highest BCUT2D eigenvalue weighted by molar-refractivity contribution is 9.10. The Morgan fingerprint density at radius 1 is 1.28 bits per heavy atom. The Kier molecular flexibility index (Phi) is 6.90. The Hall–Kier alpha value is -0.380. The van der Waals surface area contributed by atoms with Gasteiger partial charge in [-0.25, -0.2) is 0 Å². The third kappa shape index (κ3) is 5.98. The standard InChI is InChI=1S/C15H24BrNO/c1-4-9-17-11-15(2,3)12-18-10-13-7-5-6-8-14(13)16/h5-8,17H,4,9-12H2,1-3H3.